The van der Waals surface area contributed by atoms with Crippen LogP contribution in [0.2, 0.25) is 0 Å². The van der Waals surface area contributed by atoms with E-state index >= 15 is 0 Å². The second-order valence-electron chi connectivity index (χ2n) is 5.17. The summed E-state index contributed by atoms with van der Waals surface area (Å²) in [4.78, 5) is 14.2. The summed E-state index contributed by atoms with van der Waals surface area (Å²) in [5, 5.41) is 2.78. The molecule has 1 amide bonds. The maximum Gasteiger partial charge on any atom is 0.226 e. The van der Waals surface area contributed by atoms with Crippen LogP contribution in [0, 0.1) is 5.82 Å². The SMILES string of the molecule is O=C(CCN1CCc2ccccc21)Nc1ccc(F)cc1. The number of carbonyl (C=O) groups is 1. The maximum atomic E-state index is 12.8. The van der Waals surface area contributed by atoms with Crippen molar-refractivity contribution in [3.63, 3.8) is 0 Å². The van der Waals surface area contributed by atoms with Crippen molar-refractivity contribution >= 4 is 17.3 Å². The molecule has 0 radical (unpaired) electrons. The van der Waals surface area contributed by atoms with Crippen molar-refractivity contribution < 1.29 is 9.18 Å². The van der Waals surface area contributed by atoms with Gasteiger partial charge >= 0.3 is 0 Å². The third-order valence-electron chi connectivity index (χ3n) is 3.72. The van der Waals surface area contributed by atoms with E-state index < -0.39 is 0 Å². The number of para-hydroxylation sites is 1. The van der Waals surface area contributed by atoms with Crippen LogP contribution in [0.5, 0.6) is 0 Å². The highest BCUT2D eigenvalue weighted by Gasteiger charge is 2.18. The molecule has 1 N–H and O–H groups in total. The number of fused-ring (bicyclic) bond motifs is 1. The Morgan fingerprint density at radius 3 is 2.71 bits per heavy atom. The van der Waals surface area contributed by atoms with E-state index in [0.717, 1.165) is 13.0 Å². The molecular formula is C17H17FN2O. The molecule has 0 aliphatic carbocycles. The van der Waals surface area contributed by atoms with E-state index in [4.69, 9.17) is 0 Å². The Morgan fingerprint density at radius 2 is 1.90 bits per heavy atom. The average molecular weight is 284 g/mol. The second kappa shape index (κ2) is 5.95. The number of nitrogens with zero attached hydrogens (tertiary/aromatic N) is 1. The van der Waals surface area contributed by atoms with Gasteiger partial charge in [0, 0.05) is 30.9 Å². The highest BCUT2D eigenvalue weighted by atomic mass is 19.1. The molecule has 2 aromatic rings. The van der Waals surface area contributed by atoms with Gasteiger partial charge in [-0.2, -0.15) is 0 Å². The van der Waals surface area contributed by atoms with E-state index in [9.17, 15) is 9.18 Å². The van der Waals surface area contributed by atoms with Crippen molar-refractivity contribution in [1.82, 2.24) is 0 Å². The molecular weight excluding hydrogens is 267 g/mol. The first-order chi connectivity index (χ1) is 10.2. The van der Waals surface area contributed by atoms with Gasteiger partial charge in [0.2, 0.25) is 5.91 Å². The zero-order valence-corrected chi connectivity index (χ0v) is 11.7. The second-order valence-corrected chi connectivity index (χ2v) is 5.17. The maximum absolute atomic E-state index is 12.8. The minimum Gasteiger partial charge on any atom is -0.370 e. The third kappa shape index (κ3) is 3.21. The summed E-state index contributed by atoms with van der Waals surface area (Å²) < 4.78 is 12.8. The number of amides is 1. The average Bonchev–Trinajstić information content (AvgIpc) is 2.91. The van der Waals surface area contributed by atoms with E-state index in [0.29, 0.717) is 18.7 Å². The summed E-state index contributed by atoms with van der Waals surface area (Å²) in [5.74, 6) is -0.354. The number of halogens is 1. The smallest absolute Gasteiger partial charge is 0.226 e. The van der Waals surface area contributed by atoms with Crippen molar-refractivity contribution in [2.24, 2.45) is 0 Å². The molecule has 3 nitrogen and oxygen atoms in total. The van der Waals surface area contributed by atoms with Gasteiger partial charge in [-0.15, -0.1) is 0 Å². The van der Waals surface area contributed by atoms with Gasteiger partial charge in [-0.05, 0) is 42.3 Å². The van der Waals surface area contributed by atoms with Gasteiger partial charge in [0.05, 0.1) is 0 Å². The molecule has 0 atom stereocenters. The van der Waals surface area contributed by atoms with Crippen molar-refractivity contribution in [3.05, 3.63) is 59.9 Å². The number of hydrogen-bond acceptors (Lipinski definition) is 2. The Hall–Kier alpha value is -2.36. The molecule has 1 heterocycles. The molecule has 0 saturated carbocycles. The minimum absolute atomic E-state index is 0.0500. The van der Waals surface area contributed by atoms with Gasteiger partial charge in [-0.1, -0.05) is 18.2 Å². The predicted octanol–water partition coefficient (Wildman–Crippen LogP) is 3.22. The molecule has 1 aliphatic rings. The molecule has 21 heavy (non-hydrogen) atoms. The van der Waals surface area contributed by atoms with E-state index in [-0.39, 0.29) is 11.7 Å². The predicted molar refractivity (Wildman–Crippen MR) is 82.0 cm³/mol. The summed E-state index contributed by atoms with van der Waals surface area (Å²) in [6, 6.07) is 14.1. The van der Waals surface area contributed by atoms with Crippen LogP contribution < -0.4 is 10.2 Å². The van der Waals surface area contributed by atoms with E-state index in [2.05, 4.69) is 22.3 Å². The normalized spacial score (nSPS) is 13.1. The first-order valence-corrected chi connectivity index (χ1v) is 7.10. The number of nitrogens with one attached hydrogen (secondary N) is 1. The number of hydrogen-bond donors (Lipinski definition) is 1. The summed E-state index contributed by atoms with van der Waals surface area (Å²) in [6.45, 7) is 1.66. The van der Waals surface area contributed by atoms with Gasteiger partial charge in [-0.3, -0.25) is 4.79 Å². The van der Waals surface area contributed by atoms with Crippen molar-refractivity contribution in [2.45, 2.75) is 12.8 Å². The van der Waals surface area contributed by atoms with Crippen molar-refractivity contribution in [3.8, 4) is 0 Å². The lowest BCUT2D eigenvalue weighted by molar-refractivity contribution is -0.116. The van der Waals surface area contributed by atoms with Gasteiger partial charge in [-0.25, -0.2) is 4.39 Å². The number of carbonyl (C=O) groups excluding carboxylic acids is 1. The van der Waals surface area contributed by atoms with Gasteiger partial charge in [0.25, 0.3) is 0 Å². The fraction of sp³-hybridized carbons (Fsp3) is 0.235. The molecule has 2 aromatic carbocycles. The van der Waals surface area contributed by atoms with Gasteiger partial charge in [0.15, 0.2) is 0 Å². The van der Waals surface area contributed by atoms with Crippen molar-refractivity contribution in [1.29, 1.82) is 0 Å². The molecule has 0 bridgehead atoms. The first kappa shape index (κ1) is 13.6. The number of benzene rings is 2. The van der Waals surface area contributed by atoms with Gasteiger partial charge < -0.3 is 10.2 Å². The van der Waals surface area contributed by atoms with Crippen LogP contribution in [0.15, 0.2) is 48.5 Å². The fourth-order valence-corrected chi connectivity index (χ4v) is 2.63. The quantitative estimate of drug-likeness (QED) is 0.935. The van der Waals surface area contributed by atoms with E-state index in [1.165, 1.54) is 23.4 Å². The lowest BCUT2D eigenvalue weighted by atomic mass is 10.2. The first-order valence-electron chi connectivity index (χ1n) is 7.10. The zero-order valence-electron chi connectivity index (χ0n) is 11.7. The molecule has 0 aromatic heterocycles. The Labute approximate surface area is 123 Å². The lowest BCUT2D eigenvalue weighted by Gasteiger charge is -2.18. The highest BCUT2D eigenvalue weighted by molar-refractivity contribution is 5.91. The van der Waals surface area contributed by atoms with Crippen LogP contribution in [0.3, 0.4) is 0 Å². The molecule has 1 aliphatic heterocycles. The Kier molecular flexibility index (Phi) is 3.86. The number of rotatable bonds is 4. The molecule has 108 valence electrons. The molecule has 0 saturated heterocycles. The van der Waals surface area contributed by atoms with Crippen LogP contribution in [0.25, 0.3) is 0 Å². The van der Waals surface area contributed by atoms with Crippen LogP contribution >= 0.6 is 0 Å². The summed E-state index contributed by atoms with van der Waals surface area (Å²) in [5.41, 5.74) is 3.20. The monoisotopic (exact) mass is 284 g/mol. The highest BCUT2D eigenvalue weighted by Crippen LogP contribution is 2.27. The van der Waals surface area contributed by atoms with Gasteiger partial charge in [0.1, 0.15) is 5.82 Å². The molecule has 4 heteroatoms. The lowest BCUT2D eigenvalue weighted by Crippen LogP contribution is -2.26. The summed E-state index contributed by atoms with van der Waals surface area (Å²) in [6.07, 6.45) is 1.46. The zero-order chi connectivity index (χ0) is 14.7. The largest absolute Gasteiger partial charge is 0.370 e. The van der Waals surface area contributed by atoms with Crippen LogP contribution in [-0.4, -0.2) is 19.0 Å². The Balaban J connectivity index is 1.54. The standard InChI is InChI=1S/C17H17FN2O/c18-14-5-7-15(8-6-14)19-17(21)10-12-20-11-9-13-3-1-2-4-16(13)20/h1-8H,9-12H2,(H,19,21). The van der Waals surface area contributed by atoms with Crippen LogP contribution in [0.4, 0.5) is 15.8 Å². The van der Waals surface area contributed by atoms with Crippen molar-refractivity contribution in [2.75, 3.05) is 23.3 Å². The van der Waals surface area contributed by atoms with E-state index in [1.54, 1.807) is 12.1 Å². The Bertz CT molecular complexity index is 639. The van der Waals surface area contributed by atoms with E-state index in [1.807, 2.05) is 12.1 Å². The van der Waals surface area contributed by atoms with Crippen LogP contribution in [-0.2, 0) is 11.2 Å². The Morgan fingerprint density at radius 1 is 1.14 bits per heavy atom. The number of anilines is 2. The minimum atomic E-state index is -0.304. The molecule has 0 spiro atoms. The topological polar surface area (TPSA) is 32.3 Å². The summed E-state index contributed by atoms with van der Waals surface area (Å²) in [7, 11) is 0. The van der Waals surface area contributed by atoms with Crippen LogP contribution in [0.1, 0.15) is 12.0 Å². The molecule has 0 unspecified atom stereocenters. The fourth-order valence-electron chi connectivity index (χ4n) is 2.63. The summed E-state index contributed by atoms with van der Waals surface area (Å²) >= 11 is 0. The third-order valence-corrected chi connectivity index (χ3v) is 3.72. The molecule has 0 fully saturated rings. The molecule has 3 rings (SSSR count).